The molecule has 1 heterocycles. The Bertz CT molecular complexity index is 633. The molecule has 0 fully saturated rings. The lowest BCUT2D eigenvalue weighted by Gasteiger charge is -2.10. The summed E-state index contributed by atoms with van der Waals surface area (Å²) in [5.74, 6) is -0.288. The summed E-state index contributed by atoms with van der Waals surface area (Å²) in [5.41, 5.74) is 0.886. The quantitative estimate of drug-likeness (QED) is 0.811. The van der Waals surface area contributed by atoms with Gasteiger partial charge in [-0.1, -0.05) is 34.4 Å². The fourth-order valence-corrected chi connectivity index (χ4v) is 2.34. The van der Waals surface area contributed by atoms with Crippen molar-refractivity contribution < 1.29 is 14.1 Å². The standard InChI is InChI=1S/C13H12Cl2N2O3/c1-17(2)12-10(13(18)19-3)11(16-20-12)9-7(14)5-4-6-8(9)15/h4-6H,1-3H3. The molecule has 0 spiro atoms. The maximum Gasteiger partial charge on any atom is 0.345 e. The molecule has 0 aliphatic rings. The molecule has 0 saturated carbocycles. The minimum absolute atomic E-state index is 0.188. The first-order valence-electron chi connectivity index (χ1n) is 5.67. The number of ether oxygens (including phenoxy) is 1. The van der Waals surface area contributed by atoms with Crippen LogP contribution in [0.15, 0.2) is 22.7 Å². The lowest BCUT2D eigenvalue weighted by atomic mass is 10.1. The van der Waals surface area contributed by atoms with E-state index in [-0.39, 0.29) is 17.1 Å². The number of rotatable bonds is 3. The first-order chi connectivity index (χ1) is 9.47. The number of methoxy groups -OCH3 is 1. The third kappa shape index (κ3) is 2.46. The molecule has 1 aromatic heterocycles. The summed E-state index contributed by atoms with van der Waals surface area (Å²) < 4.78 is 9.98. The van der Waals surface area contributed by atoms with Crippen LogP contribution in [-0.4, -0.2) is 32.3 Å². The van der Waals surface area contributed by atoms with E-state index in [4.69, 9.17) is 32.5 Å². The van der Waals surface area contributed by atoms with Gasteiger partial charge in [0.1, 0.15) is 5.69 Å². The number of carbonyl (C=O) groups excluding carboxylic acids is 1. The number of esters is 1. The van der Waals surface area contributed by atoms with E-state index in [1.165, 1.54) is 7.11 Å². The van der Waals surface area contributed by atoms with E-state index >= 15 is 0 Å². The summed E-state index contributed by atoms with van der Waals surface area (Å²) in [6.07, 6.45) is 0. The van der Waals surface area contributed by atoms with E-state index in [1.807, 2.05) is 0 Å². The van der Waals surface area contributed by atoms with Crippen molar-refractivity contribution in [2.24, 2.45) is 0 Å². The monoisotopic (exact) mass is 314 g/mol. The summed E-state index contributed by atoms with van der Waals surface area (Å²) in [6, 6.07) is 5.03. The summed E-state index contributed by atoms with van der Waals surface area (Å²) in [7, 11) is 4.74. The maximum atomic E-state index is 12.0. The third-order valence-corrected chi connectivity index (χ3v) is 3.30. The number of nitrogens with zero attached hydrogens (tertiary/aromatic N) is 2. The Morgan fingerprint density at radius 1 is 1.30 bits per heavy atom. The van der Waals surface area contributed by atoms with Gasteiger partial charge in [-0.05, 0) is 12.1 Å². The molecule has 0 unspecified atom stereocenters. The molecule has 7 heteroatoms. The second-order valence-corrected chi connectivity index (χ2v) is 5.01. The number of hydrogen-bond donors (Lipinski definition) is 0. The van der Waals surface area contributed by atoms with Crippen molar-refractivity contribution in [2.75, 3.05) is 26.1 Å². The molecule has 0 aliphatic carbocycles. The fourth-order valence-electron chi connectivity index (χ4n) is 1.77. The molecule has 0 aliphatic heterocycles. The van der Waals surface area contributed by atoms with Crippen molar-refractivity contribution in [2.45, 2.75) is 0 Å². The highest BCUT2D eigenvalue weighted by molar-refractivity contribution is 6.39. The zero-order chi connectivity index (χ0) is 14.9. The second kappa shape index (κ2) is 5.73. The minimum atomic E-state index is -0.569. The van der Waals surface area contributed by atoms with Gasteiger partial charge in [-0.25, -0.2) is 4.79 Å². The molecule has 0 N–H and O–H groups in total. The van der Waals surface area contributed by atoms with Gasteiger partial charge < -0.3 is 14.2 Å². The van der Waals surface area contributed by atoms with Crippen LogP contribution < -0.4 is 4.90 Å². The van der Waals surface area contributed by atoms with Gasteiger partial charge in [0, 0.05) is 19.7 Å². The summed E-state index contributed by atoms with van der Waals surface area (Å²) >= 11 is 12.3. The molecule has 0 saturated heterocycles. The number of hydrogen-bond acceptors (Lipinski definition) is 5. The Labute approximate surface area is 126 Å². The molecular formula is C13H12Cl2N2O3. The van der Waals surface area contributed by atoms with Crippen molar-refractivity contribution in [3.05, 3.63) is 33.8 Å². The Hall–Kier alpha value is -1.72. The van der Waals surface area contributed by atoms with E-state index in [9.17, 15) is 4.79 Å². The van der Waals surface area contributed by atoms with Crippen LogP contribution in [0.3, 0.4) is 0 Å². The van der Waals surface area contributed by atoms with E-state index < -0.39 is 5.97 Å². The van der Waals surface area contributed by atoms with Crippen LogP contribution in [0.1, 0.15) is 10.4 Å². The molecule has 2 rings (SSSR count). The average Bonchev–Trinajstić information content (AvgIpc) is 2.82. The van der Waals surface area contributed by atoms with E-state index in [1.54, 1.807) is 37.2 Å². The molecule has 0 amide bonds. The first-order valence-corrected chi connectivity index (χ1v) is 6.42. The van der Waals surface area contributed by atoms with Gasteiger partial charge in [0.25, 0.3) is 0 Å². The van der Waals surface area contributed by atoms with Gasteiger partial charge in [-0.15, -0.1) is 0 Å². The number of halogens is 2. The van der Waals surface area contributed by atoms with Crippen LogP contribution in [0.25, 0.3) is 11.3 Å². The van der Waals surface area contributed by atoms with Crippen LogP contribution in [-0.2, 0) is 4.74 Å². The van der Waals surface area contributed by atoms with Gasteiger partial charge in [-0.2, -0.15) is 0 Å². The molecular weight excluding hydrogens is 303 g/mol. The van der Waals surface area contributed by atoms with Crippen LogP contribution in [0, 0.1) is 0 Å². The molecule has 0 radical (unpaired) electrons. The van der Waals surface area contributed by atoms with Gasteiger partial charge in [0.2, 0.25) is 5.88 Å². The van der Waals surface area contributed by atoms with E-state index in [0.29, 0.717) is 15.6 Å². The molecule has 0 bridgehead atoms. The molecule has 0 atom stereocenters. The zero-order valence-electron chi connectivity index (χ0n) is 11.1. The Kier molecular flexibility index (Phi) is 4.20. The predicted octanol–water partition coefficient (Wildman–Crippen LogP) is 3.50. The summed E-state index contributed by atoms with van der Waals surface area (Å²) in [4.78, 5) is 13.6. The lowest BCUT2D eigenvalue weighted by molar-refractivity contribution is 0.0601. The second-order valence-electron chi connectivity index (χ2n) is 4.19. The zero-order valence-corrected chi connectivity index (χ0v) is 12.6. The highest BCUT2D eigenvalue weighted by atomic mass is 35.5. The smallest absolute Gasteiger partial charge is 0.345 e. The molecule has 5 nitrogen and oxygen atoms in total. The number of anilines is 1. The van der Waals surface area contributed by atoms with Crippen LogP contribution in [0.2, 0.25) is 10.0 Å². The predicted molar refractivity (Wildman–Crippen MR) is 77.6 cm³/mol. The molecule has 106 valence electrons. The van der Waals surface area contributed by atoms with Crippen molar-refractivity contribution in [1.82, 2.24) is 5.16 Å². The van der Waals surface area contributed by atoms with Gasteiger partial charge >= 0.3 is 5.97 Å². The SMILES string of the molecule is COC(=O)c1c(-c2c(Cl)cccc2Cl)noc1N(C)C. The maximum absolute atomic E-state index is 12.0. The van der Waals surface area contributed by atoms with Gasteiger partial charge in [0.15, 0.2) is 5.56 Å². The summed E-state index contributed by atoms with van der Waals surface area (Å²) in [6.45, 7) is 0. The van der Waals surface area contributed by atoms with Crippen molar-refractivity contribution in [3.8, 4) is 11.3 Å². The van der Waals surface area contributed by atoms with Crippen LogP contribution in [0.4, 0.5) is 5.88 Å². The summed E-state index contributed by atoms with van der Waals surface area (Å²) in [5, 5.41) is 4.66. The lowest BCUT2D eigenvalue weighted by Crippen LogP contribution is -2.13. The molecule has 20 heavy (non-hydrogen) atoms. The number of benzene rings is 1. The van der Waals surface area contributed by atoms with Gasteiger partial charge in [0.05, 0.1) is 17.2 Å². The van der Waals surface area contributed by atoms with Crippen molar-refractivity contribution in [1.29, 1.82) is 0 Å². The highest BCUT2D eigenvalue weighted by Crippen LogP contribution is 2.38. The minimum Gasteiger partial charge on any atom is -0.465 e. The first kappa shape index (κ1) is 14.7. The van der Waals surface area contributed by atoms with E-state index in [0.717, 1.165) is 0 Å². The van der Waals surface area contributed by atoms with Crippen molar-refractivity contribution in [3.63, 3.8) is 0 Å². The number of aromatic nitrogens is 1. The third-order valence-electron chi connectivity index (χ3n) is 2.67. The van der Waals surface area contributed by atoms with Crippen LogP contribution in [0.5, 0.6) is 0 Å². The van der Waals surface area contributed by atoms with Crippen molar-refractivity contribution >= 4 is 35.1 Å². The fraction of sp³-hybridized carbons (Fsp3) is 0.231. The molecule has 2 aromatic rings. The topological polar surface area (TPSA) is 55.6 Å². The Morgan fingerprint density at radius 3 is 2.40 bits per heavy atom. The van der Waals surface area contributed by atoms with E-state index in [2.05, 4.69) is 5.16 Å². The highest BCUT2D eigenvalue weighted by Gasteiger charge is 2.28. The number of carbonyl (C=O) groups is 1. The average molecular weight is 315 g/mol. The largest absolute Gasteiger partial charge is 0.465 e. The Morgan fingerprint density at radius 2 is 1.90 bits per heavy atom. The molecule has 1 aromatic carbocycles. The Balaban J connectivity index is 2.72. The van der Waals surface area contributed by atoms with Gasteiger partial charge in [-0.3, -0.25) is 0 Å². The normalized spacial score (nSPS) is 10.4. The van der Waals surface area contributed by atoms with Crippen LogP contribution >= 0.6 is 23.2 Å².